The number of hydrogen-bond donors (Lipinski definition) is 1. The van der Waals surface area contributed by atoms with Gasteiger partial charge in [0, 0.05) is 26.7 Å². The number of halogens is 4. The fraction of sp³-hybridized carbons (Fsp3) is 0.0323. The van der Waals surface area contributed by atoms with E-state index < -0.39 is 17.3 Å². The molecule has 0 aliphatic carbocycles. The summed E-state index contributed by atoms with van der Waals surface area (Å²) in [5, 5.41) is 9.08. The summed E-state index contributed by atoms with van der Waals surface area (Å²) in [5.41, 5.74) is 1.38. The van der Waals surface area contributed by atoms with Gasteiger partial charge in [0.25, 0.3) is 11.5 Å². The zero-order valence-corrected chi connectivity index (χ0v) is 25.0. The molecule has 0 bridgehead atoms. The van der Waals surface area contributed by atoms with Gasteiger partial charge in [0.2, 0.25) is 5.82 Å². The van der Waals surface area contributed by atoms with Crippen molar-refractivity contribution in [1.29, 1.82) is 0 Å². The summed E-state index contributed by atoms with van der Waals surface area (Å²) in [7, 11) is 0. The van der Waals surface area contributed by atoms with E-state index in [1.807, 2.05) is 0 Å². The Morgan fingerprint density at radius 1 is 1.05 bits per heavy atom. The molecule has 6 rings (SSSR count). The molecule has 43 heavy (non-hydrogen) atoms. The van der Waals surface area contributed by atoms with Gasteiger partial charge in [-0.15, -0.1) is 0 Å². The lowest BCUT2D eigenvalue weighted by molar-refractivity contribution is -0.118. The van der Waals surface area contributed by atoms with Gasteiger partial charge < -0.3 is 14.5 Å². The van der Waals surface area contributed by atoms with Crippen molar-refractivity contribution in [3.05, 3.63) is 121 Å². The minimum atomic E-state index is -0.474. The Morgan fingerprint density at radius 3 is 2.65 bits per heavy atom. The van der Waals surface area contributed by atoms with E-state index in [2.05, 4.69) is 31.3 Å². The Hall–Kier alpha value is -4.51. The number of aromatic nitrogens is 2. The van der Waals surface area contributed by atoms with Crippen molar-refractivity contribution < 1.29 is 18.3 Å². The van der Waals surface area contributed by atoms with Crippen molar-refractivity contribution in [2.24, 2.45) is 5.10 Å². The van der Waals surface area contributed by atoms with Crippen molar-refractivity contribution in [3.8, 4) is 17.3 Å². The molecule has 0 fully saturated rings. The molecule has 1 amide bonds. The largest absolute Gasteiger partial charge is 0.482 e. The highest BCUT2D eigenvalue weighted by molar-refractivity contribution is 9.10. The van der Waals surface area contributed by atoms with Crippen LogP contribution >= 0.6 is 39.1 Å². The van der Waals surface area contributed by atoms with E-state index in [0.717, 1.165) is 10.1 Å². The first kappa shape index (κ1) is 28.6. The van der Waals surface area contributed by atoms with Gasteiger partial charge in [0.05, 0.1) is 21.6 Å². The molecular formula is C31H18BrCl2FN4O4. The number of anilines is 1. The number of hydrogen-bond acceptors (Lipinski definition) is 6. The number of amides is 1. The van der Waals surface area contributed by atoms with Crippen LogP contribution in [0.1, 0.15) is 5.56 Å². The normalized spacial score (nSPS) is 11.4. The first-order valence-corrected chi connectivity index (χ1v) is 14.2. The van der Waals surface area contributed by atoms with E-state index in [0.29, 0.717) is 48.0 Å². The molecule has 0 saturated heterocycles. The number of rotatable bonds is 7. The SMILES string of the molecule is O=C(COc1c(Br)cc(Cl)cc1C=Nn1c(-c2cc3cc(Cl)ccc3o2)nc2ccccc2c1=O)Nc1ccc(F)cc1. The van der Waals surface area contributed by atoms with Crippen LogP contribution in [0.2, 0.25) is 10.0 Å². The summed E-state index contributed by atoms with van der Waals surface area (Å²) < 4.78 is 26.6. The molecule has 0 aliphatic rings. The molecule has 8 nitrogen and oxygen atoms in total. The second-order valence-corrected chi connectivity index (χ2v) is 11.0. The monoisotopic (exact) mass is 678 g/mol. The molecule has 2 aromatic heterocycles. The van der Waals surface area contributed by atoms with Crippen LogP contribution in [0.15, 0.2) is 104 Å². The van der Waals surface area contributed by atoms with Crippen LogP contribution in [-0.2, 0) is 4.79 Å². The quantitative estimate of drug-likeness (QED) is 0.173. The van der Waals surface area contributed by atoms with Crippen molar-refractivity contribution in [3.63, 3.8) is 0 Å². The third-order valence-corrected chi connectivity index (χ3v) is 7.32. The van der Waals surface area contributed by atoms with Crippen molar-refractivity contribution >= 4 is 78.8 Å². The average molecular weight is 680 g/mol. The standard InChI is InChI=1S/C31H18BrCl2FN4O4/c32-24-14-20(34)12-18(29(24)42-16-28(40)37-22-8-6-21(35)7-9-22)15-36-39-30(38-25-4-2-1-3-23(25)31(39)41)27-13-17-11-19(33)5-10-26(17)43-27/h1-15H,16H2,(H,37,40). The number of nitrogens with zero attached hydrogens (tertiary/aromatic N) is 3. The molecule has 0 radical (unpaired) electrons. The molecular weight excluding hydrogens is 662 g/mol. The maximum Gasteiger partial charge on any atom is 0.282 e. The van der Waals surface area contributed by atoms with Gasteiger partial charge in [-0.1, -0.05) is 35.3 Å². The fourth-order valence-electron chi connectivity index (χ4n) is 4.33. The van der Waals surface area contributed by atoms with Gasteiger partial charge in [-0.05, 0) is 88.7 Å². The van der Waals surface area contributed by atoms with E-state index in [1.54, 1.807) is 60.7 Å². The number of ether oxygens (including phenoxy) is 1. The van der Waals surface area contributed by atoms with Crippen LogP contribution in [0.25, 0.3) is 33.5 Å². The second kappa shape index (κ2) is 12.0. The summed E-state index contributed by atoms with van der Waals surface area (Å²) in [6, 6.07) is 22.3. The summed E-state index contributed by atoms with van der Waals surface area (Å²) in [6.07, 6.45) is 1.38. The number of carbonyl (C=O) groups excluding carboxylic acids is 1. The number of fused-ring (bicyclic) bond motifs is 2. The van der Waals surface area contributed by atoms with Gasteiger partial charge >= 0.3 is 0 Å². The number of para-hydroxylation sites is 1. The highest BCUT2D eigenvalue weighted by Crippen LogP contribution is 2.33. The zero-order valence-electron chi connectivity index (χ0n) is 21.9. The molecule has 4 aromatic carbocycles. The van der Waals surface area contributed by atoms with Crippen LogP contribution in [0.5, 0.6) is 5.75 Å². The van der Waals surface area contributed by atoms with Crippen LogP contribution < -0.4 is 15.6 Å². The van der Waals surface area contributed by atoms with Crippen molar-refractivity contribution in [2.75, 3.05) is 11.9 Å². The Bertz CT molecular complexity index is 2110. The zero-order chi connectivity index (χ0) is 30.1. The smallest absolute Gasteiger partial charge is 0.282 e. The molecule has 0 aliphatic heterocycles. The molecule has 0 saturated carbocycles. The van der Waals surface area contributed by atoms with E-state index in [4.69, 9.17) is 32.4 Å². The summed E-state index contributed by atoms with van der Waals surface area (Å²) >= 11 is 15.9. The van der Waals surface area contributed by atoms with Gasteiger partial charge in [0.15, 0.2) is 12.4 Å². The predicted octanol–water partition coefficient (Wildman–Crippen LogP) is 7.92. The predicted molar refractivity (Wildman–Crippen MR) is 169 cm³/mol. The highest BCUT2D eigenvalue weighted by atomic mass is 79.9. The molecule has 214 valence electrons. The van der Waals surface area contributed by atoms with E-state index in [9.17, 15) is 14.0 Å². The Morgan fingerprint density at radius 2 is 1.84 bits per heavy atom. The molecule has 0 atom stereocenters. The van der Waals surface area contributed by atoms with Crippen molar-refractivity contribution in [1.82, 2.24) is 9.66 Å². The van der Waals surface area contributed by atoms with Crippen LogP contribution in [-0.4, -0.2) is 28.4 Å². The maximum absolute atomic E-state index is 13.6. The fourth-order valence-corrected chi connectivity index (χ4v) is 5.46. The maximum atomic E-state index is 13.6. The Labute approximate surface area is 261 Å². The van der Waals surface area contributed by atoms with Crippen LogP contribution in [0.3, 0.4) is 0 Å². The second-order valence-electron chi connectivity index (χ2n) is 9.26. The van der Waals surface area contributed by atoms with Crippen LogP contribution in [0.4, 0.5) is 10.1 Å². The Balaban J connectivity index is 1.38. The van der Waals surface area contributed by atoms with Gasteiger partial charge in [-0.3, -0.25) is 9.59 Å². The number of nitrogens with one attached hydrogen (secondary N) is 1. The minimum absolute atomic E-state index is 0.162. The van der Waals surface area contributed by atoms with Gasteiger partial charge in [-0.25, -0.2) is 9.37 Å². The third-order valence-electron chi connectivity index (χ3n) is 6.28. The summed E-state index contributed by atoms with van der Waals surface area (Å²) in [5.74, 6) is -0.174. The van der Waals surface area contributed by atoms with Crippen LogP contribution in [0, 0.1) is 5.82 Å². The highest BCUT2D eigenvalue weighted by Gasteiger charge is 2.18. The summed E-state index contributed by atoms with van der Waals surface area (Å²) in [6.45, 7) is -0.372. The molecule has 1 N–H and O–H groups in total. The number of benzene rings is 4. The number of furan rings is 1. The number of carbonyl (C=O) groups is 1. The molecule has 0 unspecified atom stereocenters. The minimum Gasteiger partial charge on any atom is -0.482 e. The van der Waals surface area contributed by atoms with Gasteiger partial charge in [-0.2, -0.15) is 9.78 Å². The molecule has 12 heteroatoms. The van der Waals surface area contributed by atoms with E-state index >= 15 is 0 Å². The first-order chi connectivity index (χ1) is 20.7. The summed E-state index contributed by atoms with van der Waals surface area (Å²) in [4.78, 5) is 30.9. The third kappa shape index (κ3) is 6.17. The van der Waals surface area contributed by atoms with E-state index in [-0.39, 0.29) is 18.2 Å². The Kier molecular flexibility index (Phi) is 7.98. The van der Waals surface area contributed by atoms with E-state index in [1.165, 1.54) is 30.5 Å². The molecule has 0 spiro atoms. The lowest BCUT2D eigenvalue weighted by atomic mass is 10.2. The average Bonchev–Trinajstić information content (AvgIpc) is 3.40. The molecule has 2 heterocycles. The lowest BCUT2D eigenvalue weighted by Crippen LogP contribution is -2.21. The molecule has 6 aromatic rings. The lowest BCUT2D eigenvalue weighted by Gasteiger charge is -2.12. The first-order valence-electron chi connectivity index (χ1n) is 12.7. The van der Waals surface area contributed by atoms with Crippen molar-refractivity contribution in [2.45, 2.75) is 0 Å². The topological polar surface area (TPSA) is 98.7 Å². The van der Waals surface area contributed by atoms with Gasteiger partial charge in [0.1, 0.15) is 17.1 Å².